The topological polar surface area (TPSA) is 64.4 Å². The number of hydrogen-bond acceptors (Lipinski definition) is 4. The molecule has 0 aliphatic heterocycles. The zero-order chi connectivity index (χ0) is 9.68. The number of nitrogens with one attached hydrogen (secondary N) is 1. The minimum atomic E-state index is -0.463. The molecular weight excluding hydrogens is 240 g/mol. The summed E-state index contributed by atoms with van der Waals surface area (Å²) in [4.78, 5) is 10.8. The Kier molecular flexibility index (Phi) is 3.75. The molecule has 0 radical (unpaired) electrons. The van der Waals surface area contributed by atoms with Crippen LogP contribution in [0.2, 0.25) is 0 Å². The van der Waals surface area contributed by atoms with Crippen LogP contribution < -0.4 is 5.32 Å². The van der Waals surface area contributed by atoms with E-state index in [4.69, 9.17) is 4.52 Å². The summed E-state index contributed by atoms with van der Waals surface area (Å²) in [6, 6.07) is 1.67. The fraction of sp³-hybridized carbons (Fsp3) is 0.429. The first-order valence-electron chi connectivity index (χ1n) is 3.74. The fourth-order valence-corrected chi connectivity index (χ4v) is 1.04. The number of aromatic nitrogens is 1. The van der Waals surface area contributed by atoms with E-state index in [2.05, 4.69) is 31.1 Å². The smallest absolute Gasteiger partial charge is 0.407 e. The molecule has 1 amide bonds. The summed E-state index contributed by atoms with van der Waals surface area (Å²) in [7, 11) is 0. The number of amides is 1. The maximum absolute atomic E-state index is 10.8. The lowest BCUT2D eigenvalue weighted by Crippen LogP contribution is -2.23. The van der Waals surface area contributed by atoms with E-state index in [0.29, 0.717) is 17.0 Å². The van der Waals surface area contributed by atoms with E-state index in [0.717, 1.165) is 0 Å². The van der Waals surface area contributed by atoms with Gasteiger partial charge in [0.1, 0.15) is 4.60 Å². The minimum Gasteiger partial charge on any atom is -0.450 e. The van der Waals surface area contributed by atoms with Gasteiger partial charge in [-0.1, -0.05) is 5.16 Å². The predicted molar refractivity (Wildman–Crippen MR) is 48.1 cm³/mol. The Morgan fingerprint density at radius 1 is 1.85 bits per heavy atom. The van der Waals surface area contributed by atoms with Crippen LogP contribution in [0.3, 0.4) is 0 Å². The molecule has 72 valence electrons. The molecule has 6 heteroatoms. The van der Waals surface area contributed by atoms with Crippen LogP contribution in [0.4, 0.5) is 4.79 Å². The van der Waals surface area contributed by atoms with Crippen molar-refractivity contribution in [1.82, 2.24) is 10.5 Å². The van der Waals surface area contributed by atoms with Gasteiger partial charge in [-0.05, 0) is 22.9 Å². The van der Waals surface area contributed by atoms with Gasteiger partial charge in [0.05, 0.1) is 13.2 Å². The summed E-state index contributed by atoms with van der Waals surface area (Å²) in [6.07, 6.45) is -0.463. The molecule has 1 N–H and O–H groups in total. The normalized spacial score (nSPS) is 9.69. The number of ether oxygens (including phenoxy) is 1. The van der Waals surface area contributed by atoms with Crippen LogP contribution in [0.15, 0.2) is 15.2 Å². The summed E-state index contributed by atoms with van der Waals surface area (Å²) in [5.41, 5.74) is 0. The van der Waals surface area contributed by atoms with Gasteiger partial charge in [0, 0.05) is 6.07 Å². The highest BCUT2D eigenvalue weighted by molar-refractivity contribution is 9.10. The second kappa shape index (κ2) is 4.86. The number of carbonyl (C=O) groups is 1. The van der Waals surface area contributed by atoms with Crippen molar-refractivity contribution in [1.29, 1.82) is 0 Å². The van der Waals surface area contributed by atoms with Crippen molar-refractivity contribution in [2.75, 3.05) is 6.61 Å². The summed E-state index contributed by atoms with van der Waals surface area (Å²) in [6.45, 7) is 2.37. The Labute approximate surface area is 83.5 Å². The minimum absolute atomic E-state index is 0.275. The van der Waals surface area contributed by atoms with Crippen LogP contribution in [-0.2, 0) is 11.3 Å². The molecule has 1 heterocycles. The molecule has 0 saturated carbocycles. The molecule has 0 spiro atoms. The summed E-state index contributed by atoms with van der Waals surface area (Å²) in [5.74, 6) is 0.569. The second-order valence-electron chi connectivity index (χ2n) is 2.19. The fourth-order valence-electron chi connectivity index (χ4n) is 0.712. The van der Waals surface area contributed by atoms with E-state index in [1.165, 1.54) is 0 Å². The van der Waals surface area contributed by atoms with Crippen molar-refractivity contribution in [3.8, 4) is 0 Å². The quantitative estimate of drug-likeness (QED) is 0.885. The highest BCUT2D eigenvalue weighted by Gasteiger charge is 2.04. The van der Waals surface area contributed by atoms with Gasteiger partial charge in [0.15, 0.2) is 5.76 Å². The van der Waals surface area contributed by atoms with E-state index in [-0.39, 0.29) is 6.54 Å². The third-order valence-corrected chi connectivity index (χ3v) is 1.59. The molecule has 0 aliphatic rings. The van der Waals surface area contributed by atoms with E-state index < -0.39 is 6.09 Å². The van der Waals surface area contributed by atoms with Gasteiger partial charge in [-0.3, -0.25) is 0 Å². The van der Waals surface area contributed by atoms with E-state index in [9.17, 15) is 4.79 Å². The van der Waals surface area contributed by atoms with Crippen molar-refractivity contribution in [3.05, 3.63) is 16.4 Å². The molecule has 0 fully saturated rings. The Balaban J connectivity index is 2.30. The van der Waals surface area contributed by atoms with Crippen molar-refractivity contribution in [2.24, 2.45) is 0 Å². The van der Waals surface area contributed by atoms with Crippen molar-refractivity contribution < 1.29 is 14.1 Å². The lowest BCUT2D eigenvalue weighted by atomic mass is 10.5. The maximum Gasteiger partial charge on any atom is 0.407 e. The standard InChI is InChI=1S/C7H9BrN2O3/c1-2-12-7(11)9-4-5-3-6(8)10-13-5/h3H,2,4H2,1H3,(H,9,11). The molecule has 0 bridgehead atoms. The van der Waals surface area contributed by atoms with Gasteiger partial charge in [-0.25, -0.2) is 4.79 Å². The summed E-state index contributed by atoms with van der Waals surface area (Å²) in [5, 5.41) is 6.09. The summed E-state index contributed by atoms with van der Waals surface area (Å²) < 4.78 is 10.1. The number of carbonyl (C=O) groups excluding carboxylic acids is 1. The van der Waals surface area contributed by atoms with E-state index in [1.807, 2.05) is 0 Å². The second-order valence-corrected chi connectivity index (χ2v) is 3.00. The number of nitrogens with zero attached hydrogens (tertiary/aromatic N) is 1. The van der Waals surface area contributed by atoms with E-state index >= 15 is 0 Å². The van der Waals surface area contributed by atoms with Crippen molar-refractivity contribution in [2.45, 2.75) is 13.5 Å². The van der Waals surface area contributed by atoms with Crippen LogP contribution >= 0.6 is 15.9 Å². The van der Waals surface area contributed by atoms with Crippen LogP contribution in [0.5, 0.6) is 0 Å². The van der Waals surface area contributed by atoms with Gasteiger partial charge in [-0.2, -0.15) is 0 Å². The van der Waals surface area contributed by atoms with Crippen LogP contribution in [0.25, 0.3) is 0 Å². The average Bonchev–Trinajstić information content (AvgIpc) is 2.49. The molecule has 1 aromatic heterocycles. The molecule has 0 unspecified atom stereocenters. The highest BCUT2D eigenvalue weighted by atomic mass is 79.9. The Hall–Kier alpha value is -1.04. The number of hydrogen-bond donors (Lipinski definition) is 1. The van der Waals surface area contributed by atoms with Crippen molar-refractivity contribution >= 4 is 22.0 Å². The van der Waals surface area contributed by atoms with Crippen LogP contribution in [0, 0.1) is 0 Å². The third kappa shape index (κ3) is 3.45. The molecule has 0 aliphatic carbocycles. The number of rotatable bonds is 3. The lowest BCUT2D eigenvalue weighted by molar-refractivity contribution is 0.150. The predicted octanol–water partition coefficient (Wildman–Crippen LogP) is 1.68. The van der Waals surface area contributed by atoms with Crippen molar-refractivity contribution in [3.63, 3.8) is 0 Å². The Bertz CT molecular complexity index is 287. The first-order chi connectivity index (χ1) is 6.22. The third-order valence-electron chi connectivity index (χ3n) is 1.21. The Morgan fingerprint density at radius 3 is 3.15 bits per heavy atom. The first-order valence-corrected chi connectivity index (χ1v) is 4.53. The van der Waals surface area contributed by atoms with Gasteiger partial charge in [-0.15, -0.1) is 0 Å². The molecule has 1 aromatic rings. The molecule has 1 rings (SSSR count). The first kappa shape index (κ1) is 10.0. The molecular formula is C7H9BrN2O3. The largest absolute Gasteiger partial charge is 0.450 e. The summed E-state index contributed by atoms with van der Waals surface area (Å²) >= 11 is 3.12. The van der Waals surface area contributed by atoms with E-state index in [1.54, 1.807) is 13.0 Å². The van der Waals surface area contributed by atoms with Gasteiger partial charge < -0.3 is 14.6 Å². The monoisotopic (exact) mass is 248 g/mol. The zero-order valence-electron chi connectivity index (χ0n) is 7.04. The average molecular weight is 249 g/mol. The maximum atomic E-state index is 10.8. The van der Waals surface area contributed by atoms with Gasteiger partial charge in [0.25, 0.3) is 0 Å². The molecule has 0 aromatic carbocycles. The molecule has 5 nitrogen and oxygen atoms in total. The van der Waals surface area contributed by atoms with Gasteiger partial charge in [0.2, 0.25) is 0 Å². The number of alkyl carbamates (subject to hydrolysis) is 1. The Morgan fingerprint density at radius 2 is 2.62 bits per heavy atom. The molecule has 13 heavy (non-hydrogen) atoms. The van der Waals surface area contributed by atoms with Gasteiger partial charge >= 0.3 is 6.09 Å². The van der Waals surface area contributed by atoms with Crippen LogP contribution in [0.1, 0.15) is 12.7 Å². The van der Waals surface area contributed by atoms with Crippen LogP contribution in [-0.4, -0.2) is 17.9 Å². The highest BCUT2D eigenvalue weighted by Crippen LogP contribution is 2.08. The number of halogens is 1. The SMILES string of the molecule is CCOC(=O)NCc1cc(Br)no1. The molecule has 0 saturated heterocycles. The lowest BCUT2D eigenvalue weighted by Gasteiger charge is -2.01. The molecule has 0 atom stereocenters. The zero-order valence-corrected chi connectivity index (χ0v) is 8.63.